The van der Waals surface area contributed by atoms with Crippen LogP contribution >= 0.6 is 0 Å². The number of fused-ring (bicyclic) bond motifs is 10. The number of rotatable bonds is 32. The van der Waals surface area contributed by atoms with Gasteiger partial charge >= 0.3 is 0 Å². The first-order chi connectivity index (χ1) is 55.3. The Hall–Kier alpha value is -7.02. The SMILES string of the molecule is CCCCC(CC)Cc1cc(C)c(CC(CC)CCCC)cc1C.CCCCCCc1cc(C)c(C)cc1C.CCCCCCc1cc(C)c(CCCCCC)cc1C.CCCCCCc1cc(C)ccc1C.Cc1ccc(C)cc1.Cc1ccc2c(c1)C1(c3cc(C)ccc3-2)c2cc(C(C)(C)C)ccc2-c2ccc(C(C)(C)C)cc21. The third-order valence-electron chi connectivity index (χ3n) is 25.9. The number of benzene rings is 9. The Kier molecular flexibility index (Phi) is 41.2. The molecule has 0 aromatic heterocycles. The smallest absolute Gasteiger partial charge is 0.0654 e. The average molecular weight is 1560 g/mol. The number of hydrogen-bond acceptors (Lipinski definition) is 0. The maximum atomic E-state index is 2.52. The van der Waals surface area contributed by atoms with Crippen LogP contribution in [0, 0.1) is 102 Å². The summed E-state index contributed by atoms with van der Waals surface area (Å²) in [6.45, 7) is 61.3. The molecule has 0 amide bonds. The molecule has 9 aromatic rings. The van der Waals surface area contributed by atoms with Crippen LogP contribution in [0.2, 0.25) is 0 Å². The van der Waals surface area contributed by atoms with Gasteiger partial charge in [-0.3, -0.25) is 0 Å². The van der Waals surface area contributed by atoms with Gasteiger partial charge in [-0.15, -0.1) is 0 Å². The lowest BCUT2D eigenvalue weighted by Gasteiger charge is -2.33. The largest absolute Gasteiger partial charge is 0.0725 e. The van der Waals surface area contributed by atoms with E-state index in [0.717, 1.165) is 11.8 Å². The summed E-state index contributed by atoms with van der Waals surface area (Å²) in [6, 6.07) is 58.6. The zero-order chi connectivity index (χ0) is 85.3. The molecule has 0 saturated heterocycles. The van der Waals surface area contributed by atoms with Gasteiger partial charge in [-0.25, -0.2) is 0 Å². The van der Waals surface area contributed by atoms with E-state index in [1.54, 1.807) is 33.4 Å². The van der Waals surface area contributed by atoms with Gasteiger partial charge in [0.25, 0.3) is 0 Å². The summed E-state index contributed by atoms with van der Waals surface area (Å²) in [7, 11) is 0. The highest BCUT2D eigenvalue weighted by molar-refractivity contribution is 5.95. The highest BCUT2D eigenvalue weighted by Crippen LogP contribution is 2.64. The van der Waals surface area contributed by atoms with Crippen LogP contribution in [0.4, 0.5) is 0 Å². The zero-order valence-electron chi connectivity index (χ0n) is 79.8. The summed E-state index contributed by atoms with van der Waals surface area (Å²) in [5.74, 6) is 1.73. The molecule has 2 unspecified atom stereocenters. The highest BCUT2D eigenvalue weighted by atomic mass is 14.5. The summed E-state index contributed by atoms with van der Waals surface area (Å²) in [6.07, 6.45) is 40.2. The lowest BCUT2D eigenvalue weighted by molar-refractivity contribution is 0.445. The van der Waals surface area contributed by atoms with Crippen molar-refractivity contribution in [3.05, 3.63) is 291 Å². The van der Waals surface area contributed by atoms with E-state index < -0.39 is 0 Å². The van der Waals surface area contributed by atoms with E-state index in [-0.39, 0.29) is 16.2 Å². The second kappa shape index (κ2) is 48.9. The van der Waals surface area contributed by atoms with Crippen molar-refractivity contribution in [2.75, 3.05) is 0 Å². The predicted octanol–water partition coefficient (Wildman–Crippen LogP) is 35.1. The van der Waals surface area contributed by atoms with Gasteiger partial charge in [0, 0.05) is 0 Å². The van der Waals surface area contributed by atoms with E-state index in [9.17, 15) is 0 Å². The Labute approximate surface area is 716 Å². The maximum Gasteiger partial charge on any atom is 0.0725 e. The van der Waals surface area contributed by atoms with Crippen LogP contribution in [0.15, 0.2) is 152 Å². The van der Waals surface area contributed by atoms with Gasteiger partial charge in [0.1, 0.15) is 0 Å². The molecule has 2 aliphatic carbocycles. The van der Waals surface area contributed by atoms with Gasteiger partial charge in [0.2, 0.25) is 0 Å². The molecule has 1 spiro atoms. The number of aryl methyl sites for hydroxylation is 17. The van der Waals surface area contributed by atoms with Crippen LogP contribution in [-0.2, 0) is 54.8 Å². The van der Waals surface area contributed by atoms with Crippen LogP contribution in [0.5, 0.6) is 0 Å². The van der Waals surface area contributed by atoms with Crippen molar-refractivity contribution in [1.82, 2.24) is 0 Å². The molecule has 2 aliphatic rings. The van der Waals surface area contributed by atoms with Gasteiger partial charge < -0.3 is 0 Å². The maximum absolute atomic E-state index is 2.52. The van der Waals surface area contributed by atoms with Crippen molar-refractivity contribution in [1.29, 1.82) is 0 Å². The monoisotopic (exact) mass is 1560 g/mol. The van der Waals surface area contributed by atoms with E-state index in [0.29, 0.717) is 0 Å². The fourth-order valence-electron chi connectivity index (χ4n) is 17.7. The Morgan fingerprint density at radius 1 is 0.233 bits per heavy atom. The van der Waals surface area contributed by atoms with Gasteiger partial charge in [-0.1, -0.05) is 405 Å². The van der Waals surface area contributed by atoms with Crippen molar-refractivity contribution in [2.45, 2.75) is 396 Å². The Morgan fingerprint density at radius 3 is 0.836 bits per heavy atom. The Balaban J connectivity index is 0.000000229. The van der Waals surface area contributed by atoms with Crippen molar-refractivity contribution in [3.63, 3.8) is 0 Å². The molecule has 0 bridgehead atoms. The molecule has 2 atom stereocenters. The molecule has 0 N–H and O–H groups in total. The first-order valence-corrected chi connectivity index (χ1v) is 47.2. The van der Waals surface area contributed by atoms with Crippen LogP contribution in [0.3, 0.4) is 0 Å². The minimum atomic E-state index is -0.282. The molecule has 0 aliphatic heterocycles. The van der Waals surface area contributed by atoms with Gasteiger partial charge in [0.05, 0.1) is 5.41 Å². The summed E-state index contributed by atoms with van der Waals surface area (Å²) in [5, 5.41) is 0. The molecule has 0 nitrogen and oxygen atoms in total. The van der Waals surface area contributed by atoms with Crippen molar-refractivity contribution in [3.8, 4) is 22.3 Å². The van der Waals surface area contributed by atoms with E-state index in [2.05, 4.69) is 339 Å². The minimum absolute atomic E-state index is 0.0883. The molecular formula is C116H168. The molecule has 632 valence electrons. The molecule has 9 aromatic carbocycles. The van der Waals surface area contributed by atoms with E-state index in [4.69, 9.17) is 0 Å². The average Bonchev–Trinajstić information content (AvgIpc) is 1.50. The standard InChI is InChI=1S/C35H36.C24H42.C20H34.C15H24.C14H22.C8H10/c1-21-9-13-25-26-14-10-22(2)18-30(26)35(29(25)17-21)31-19-23(33(3,4)5)11-15-27(31)28-16-12-24(20-32(28)35)34(6,7)8;1-7-11-13-21(9-3)17-23-15-20(6)24(16-19(23)5)18-22(10-4)14-12-8-2;1-5-7-9-11-13-19-15-18(4)20(16-17(19)3)14-12-10-8-6-2;1-5-6-7-8-9-15-11-13(3)12(2)10-14(15)4;1-4-5-6-7-8-14-11-12(2)9-10-13(14)3;1-7-3-5-8(2)6-4-7/h9-20H,1-8H3;15-16,21-22H,7-14,17-18H2,1-6H3;15-16H,5-14H2,1-4H3;10-11H,5-9H2,1-4H3;9-11H,4-8H2,1-3H3;3-6H,1-2H3. The van der Waals surface area contributed by atoms with Gasteiger partial charge in [-0.05, 0) is 310 Å². The van der Waals surface area contributed by atoms with Crippen LogP contribution in [0.25, 0.3) is 22.3 Å². The lowest BCUT2D eigenvalue weighted by atomic mass is 9.68. The van der Waals surface area contributed by atoms with E-state index in [1.807, 2.05) is 0 Å². The molecule has 11 rings (SSSR count). The van der Waals surface area contributed by atoms with E-state index >= 15 is 0 Å². The lowest BCUT2D eigenvalue weighted by Crippen LogP contribution is -2.27. The Bertz CT molecular complexity index is 4180. The summed E-state index contributed by atoms with van der Waals surface area (Å²) in [5.41, 5.74) is 42.0. The molecular weight excluding hydrogens is 1390 g/mol. The first kappa shape index (κ1) is 97.8. The van der Waals surface area contributed by atoms with Crippen molar-refractivity contribution in [2.24, 2.45) is 11.8 Å². The number of unbranched alkanes of at least 4 members (excludes halogenated alkanes) is 14. The zero-order valence-corrected chi connectivity index (χ0v) is 79.8. The predicted molar refractivity (Wildman–Crippen MR) is 519 cm³/mol. The second-order valence-corrected chi connectivity index (χ2v) is 38.2. The first-order valence-electron chi connectivity index (χ1n) is 47.2. The third kappa shape index (κ3) is 28.9. The summed E-state index contributed by atoms with van der Waals surface area (Å²) >= 11 is 0. The van der Waals surface area contributed by atoms with Crippen LogP contribution in [0.1, 0.15) is 390 Å². The second-order valence-electron chi connectivity index (χ2n) is 38.2. The van der Waals surface area contributed by atoms with E-state index in [1.165, 1.54) is 321 Å². The molecule has 0 heterocycles. The Morgan fingerprint density at radius 2 is 0.500 bits per heavy atom. The molecule has 0 saturated carbocycles. The van der Waals surface area contributed by atoms with Crippen molar-refractivity contribution >= 4 is 0 Å². The van der Waals surface area contributed by atoms with Crippen LogP contribution < -0.4 is 0 Å². The fraction of sp³-hybridized carbons (Fsp3) is 0.534. The number of hydrogen-bond donors (Lipinski definition) is 0. The molecule has 116 heavy (non-hydrogen) atoms. The summed E-state index contributed by atoms with van der Waals surface area (Å²) in [4.78, 5) is 0. The van der Waals surface area contributed by atoms with Gasteiger partial charge in [-0.2, -0.15) is 0 Å². The quantitative estimate of drug-likeness (QED) is 0.0369. The third-order valence-corrected chi connectivity index (χ3v) is 25.9. The van der Waals surface area contributed by atoms with Crippen LogP contribution in [-0.4, -0.2) is 0 Å². The minimum Gasteiger partial charge on any atom is -0.0654 e. The highest BCUT2D eigenvalue weighted by Gasteiger charge is 2.52. The normalized spacial score (nSPS) is 12.6. The topological polar surface area (TPSA) is 0 Å². The molecule has 0 heteroatoms. The van der Waals surface area contributed by atoms with Crippen molar-refractivity contribution < 1.29 is 0 Å². The summed E-state index contributed by atoms with van der Waals surface area (Å²) < 4.78 is 0. The molecule has 0 radical (unpaired) electrons. The fourth-order valence-corrected chi connectivity index (χ4v) is 17.7. The van der Waals surface area contributed by atoms with Gasteiger partial charge in [0.15, 0.2) is 0 Å². The molecule has 0 fully saturated rings.